The van der Waals surface area contributed by atoms with Crippen LogP contribution in [-0.4, -0.2) is 37.8 Å². The van der Waals surface area contributed by atoms with Crippen molar-refractivity contribution in [3.63, 3.8) is 0 Å². The topological polar surface area (TPSA) is 38.7 Å². The third-order valence-electron chi connectivity index (χ3n) is 1.86. The summed E-state index contributed by atoms with van der Waals surface area (Å²) < 4.78 is 9.90. The smallest absolute Gasteiger partial charge is 0.118 e. The van der Waals surface area contributed by atoms with E-state index in [1.807, 2.05) is 24.3 Å². The van der Waals surface area contributed by atoms with Gasteiger partial charge in [-0.15, -0.1) is 11.8 Å². The summed E-state index contributed by atoms with van der Waals surface area (Å²) in [5.74, 6) is 1.48. The Morgan fingerprint density at radius 3 is 2.47 bits per heavy atom. The standard InChI is InChI=1S/C11H16O3S/c1-13-7-9(12)8-15-11-5-3-10(14-2)4-6-11/h3-6,9,12H,7-8H2,1-2H3. The number of aliphatic hydroxyl groups is 1. The molecule has 1 aromatic rings. The summed E-state index contributed by atoms with van der Waals surface area (Å²) in [5, 5.41) is 9.44. The molecule has 0 aromatic heterocycles. The first kappa shape index (κ1) is 12.4. The van der Waals surface area contributed by atoms with Crippen LogP contribution in [0.25, 0.3) is 0 Å². The molecule has 0 radical (unpaired) electrons. The lowest BCUT2D eigenvalue weighted by Crippen LogP contribution is -2.16. The van der Waals surface area contributed by atoms with Gasteiger partial charge in [0, 0.05) is 17.8 Å². The number of methoxy groups -OCH3 is 2. The number of aliphatic hydroxyl groups excluding tert-OH is 1. The Balaban J connectivity index is 2.37. The van der Waals surface area contributed by atoms with Crippen LogP contribution >= 0.6 is 11.8 Å². The van der Waals surface area contributed by atoms with Gasteiger partial charge in [-0.05, 0) is 24.3 Å². The monoisotopic (exact) mass is 228 g/mol. The Kier molecular flexibility index (Phi) is 5.53. The first-order chi connectivity index (χ1) is 7.26. The molecule has 0 fully saturated rings. The van der Waals surface area contributed by atoms with Crippen LogP contribution in [0.3, 0.4) is 0 Å². The fourth-order valence-corrected chi connectivity index (χ4v) is 1.91. The molecule has 0 amide bonds. The van der Waals surface area contributed by atoms with Crippen LogP contribution in [0.15, 0.2) is 29.2 Å². The highest BCUT2D eigenvalue weighted by molar-refractivity contribution is 7.99. The molecule has 3 nitrogen and oxygen atoms in total. The summed E-state index contributed by atoms with van der Waals surface area (Å²) in [6.45, 7) is 0.378. The van der Waals surface area contributed by atoms with Gasteiger partial charge in [0.2, 0.25) is 0 Å². The van der Waals surface area contributed by atoms with Crippen LogP contribution in [0.2, 0.25) is 0 Å². The Hall–Kier alpha value is -0.710. The van der Waals surface area contributed by atoms with Crippen molar-refractivity contribution in [2.75, 3.05) is 26.6 Å². The minimum absolute atomic E-state index is 0.378. The van der Waals surface area contributed by atoms with Gasteiger partial charge in [0.05, 0.1) is 19.8 Å². The molecule has 0 bridgehead atoms. The van der Waals surface area contributed by atoms with Gasteiger partial charge in [0.15, 0.2) is 0 Å². The van der Waals surface area contributed by atoms with E-state index in [0.717, 1.165) is 10.6 Å². The van der Waals surface area contributed by atoms with Gasteiger partial charge in [-0.1, -0.05) is 0 Å². The SMILES string of the molecule is COCC(O)CSc1ccc(OC)cc1. The number of thioether (sulfide) groups is 1. The van der Waals surface area contributed by atoms with E-state index in [-0.39, 0.29) is 0 Å². The fourth-order valence-electron chi connectivity index (χ4n) is 1.10. The Labute approximate surface area is 94.4 Å². The fraction of sp³-hybridized carbons (Fsp3) is 0.455. The van der Waals surface area contributed by atoms with Gasteiger partial charge in [-0.3, -0.25) is 0 Å². The first-order valence-electron chi connectivity index (χ1n) is 4.70. The quantitative estimate of drug-likeness (QED) is 0.753. The van der Waals surface area contributed by atoms with Crippen LogP contribution in [0, 0.1) is 0 Å². The Morgan fingerprint density at radius 1 is 1.27 bits per heavy atom. The zero-order valence-electron chi connectivity index (χ0n) is 8.97. The van der Waals surface area contributed by atoms with E-state index >= 15 is 0 Å². The van der Waals surface area contributed by atoms with E-state index in [2.05, 4.69) is 0 Å². The lowest BCUT2D eigenvalue weighted by Gasteiger charge is -2.08. The molecule has 1 unspecified atom stereocenters. The predicted octanol–water partition coefficient (Wildman–Crippen LogP) is 1.79. The molecule has 1 rings (SSSR count). The average Bonchev–Trinajstić information content (AvgIpc) is 2.27. The second-order valence-corrected chi connectivity index (χ2v) is 4.19. The second-order valence-electron chi connectivity index (χ2n) is 3.10. The van der Waals surface area contributed by atoms with Gasteiger partial charge in [0.1, 0.15) is 5.75 Å². The molecule has 1 aromatic carbocycles. The minimum Gasteiger partial charge on any atom is -0.497 e. The third kappa shape index (κ3) is 4.55. The Bertz CT molecular complexity index is 274. The lowest BCUT2D eigenvalue weighted by atomic mass is 10.3. The van der Waals surface area contributed by atoms with Crippen molar-refractivity contribution in [3.05, 3.63) is 24.3 Å². The van der Waals surface area contributed by atoms with E-state index in [9.17, 15) is 5.11 Å². The first-order valence-corrected chi connectivity index (χ1v) is 5.68. The van der Waals surface area contributed by atoms with Crippen LogP contribution in [-0.2, 0) is 4.74 Å². The number of benzene rings is 1. The highest BCUT2D eigenvalue weighted by atomic mass is 32.2. The van der Waals surface area contributed by atoms with Crippen molar-refractivity contribution in [1.29, 1.82) is 0 Å². The van der Waals surface area contributed by atoms with Crippen LogP contribution in [0.4, 0.5) is 0 Å². The average molecular weight is 228 g/mol. The van der Waals surface area contributed by atoms with E-state index in [1.165, 1.54) is 0 Å². The molecule has 0 saturated carbocycles. The second kappa shape index (κ2) is 6.71. The summed E-state index contributed by atoms with van der Waals surface area (Å²) >= 11 is 1.60. The highest BCUT2D eigenvalue weighted by Gasteiger charge is 2.04. The number of rotatable bonds is 6. The van der Waals surface area contributed by atoms with Crippen molar-refractivity contribution in [1.82, 2.24) is 0 Å². The molecular weight excluding hydrogens is 212 g/mol. The van der Waals surface area contributed by atoms with Crippen molar-refractivity contribution in [2.24, 2.45) is 0 Å². The minimum atomic E-state index is -0.415. The molecule has 0 aliphatic rings. The molecular formula is C11H16O3S. The molecule has 0 aliphatic carbocycles. The summed E-state index contributed by atoms with van der Waals surface area (Å²) in [7, 11) is 3.23. The number of hydrogen-bond donors (Lipinski definition) is 1. The number of hydrogen-bond acceptors (Lipinski definition) is 4. The van der Waals surface area contributed by atoms with E-state index < -0.39 is 6.10 Å². The largest absolute Gasteiger partial charge is 0.497 e. The Morgan fingerprint density at radius 2 is 1.93 bits per heavy atom. The van der Waals surface area contributed by atoms with Gasteiger partial charge < -0.3 is 14.6 Å². The molecule has 0 spiro atoms. The third-order valence-corrected chi connectivity index (χ3v) is 3.02. The van der Waals surface area contributed by atoms with Crippen molar-refractivity contribution in [2.45, 2.75) is 11.0 Å². The maximum absolute atomic E-state index is 9.44. The summed E-state index contributed by atoms with van der Waals surface area (Å²) in [4.78, 5) is 1.12. The molecule has 0 saturated heterocycles. The lowest BCUT2D eigenvalue weighted by molar-refractivity contribution is 0.0794. The van der Waals surface area contributed by atoms with E-state index in [1.54, 1.807) is 26.0 Å². The predicted molar refractivity (Wildman–Crippen MR) is 61.6 cm³/mol. The maximum atomic E-state index is 9.44. The maximum Gasteiger partial charge on any atom is 0.118 e. The van der Waals surface area contributed by atoms with Crippen LogP contribution in [0.1, 0.15) is 0 Å². The highest BCUT2D eigenvalue weighted by Crippen LogP contribution is 2.21. The van der Waals surface area contributed by atoms with Gasteiger partial charge in [-0.2, -0.15) is 0 Å². The zero-order chi connectivity index (χ0) is 11.1. The van der Waals surface area contributed by atoms with Gasteiger partial charge >= 0.3 is 0 Å². The van der Waals surface area contributed by atoms with Crippen LogP contribution in [0.5, 0.6) is 5.75 Å². The molecule has 4 heteroatoms. The normalized spacial score (nSPS) is 12.5. The zero-order valence-corrected chi connectivity index (χ0v) is 9.79. The summed E-state index contributed by atoms with van der Waals surface area (Å²) in [6, 6.07) is 7.77. The van der Waals surface area contributed by atoms with Crippen molar-refractivity contribution >= 4 is 11.8 Å². The van der Waals surface area contributed by atoms with Crippen LogP contribution < -0.4 is 4.74 Å². The van der Waals surface area contributed by atoms with Gasteiger partial charge in [0.25, 0.3) is 0 Å². The molecule has 15 heavy (non-hydrogen) atoms. The molecule has 0 heterocycles. The molecule has 84 valence electrons. The molecule has 1 atom stereocenters. The van der Waals surface area contributed by atoms with Crippen molar-refractivity contribution < 1.29 is 14.6 Å². The van der Waals surface area contributed by atoms with Crippen molar-refractivity contribution in [3.8, 4) is 5.75 Å². The van der Waals surface area contributed by atoms with E-state index in [0.29, 0.717) is 12.4 Å². The summed E-state index contributed by atoms with van der Waals surface area (Å²) in [6.07, 6.45) is -0.415. The number of ether oxygens (including phenoxy) is 2. The van der Waals surface area contributed by atoms with E-state index in [4.69, 9.17) is 9.47 Å². The molecule has 1 N–H and O–H groups in total. The summed E-state index contributed by atoms with van der Waals surface area (Å²) in [5.41, 5.74) is 0. The molecule has 0 aliphatic heterocycles. The van der Waals surface area contributed by atoms with Gasteiger partial charge in [-0.25, -0.2) is 0 Å².